The van der Waals surface area contributed by atoms with E-state index in [9.17, 15) is 9.50 Å². The number of furan rings is 1. The first-order chi connectivity index (χ1) is 17.1. The summed E-state index contributed by atoms with van der Waals surface area (Å²) in [6.07, 6.45) is 1.56. The predicted octanol–water partition coefficient (Wildman–Crippen LogP) is 5.46. The number of benzene rings is 2. The van der Waals surface area contributed by atoms with Gasteiger partial charge in [0, 0.05) is 36.9 Å². The molecule has 4 heterocycles. The molecule has 7 nitrogen and oxygen atoms in total. The second-order valence-electron chi connectivity index (χ2n) is 8.35. The molecule has 0 unspecified atom stereocenters. The molecule has 6 rings (SSSR count). The molecular formula is C25H21ClFN5O2S. The second kappa shape index (κ2) is 8.99. The zero-order chi connectivity index (χ0) is 23.9. The van der Waals surface area contributed by atoms with Crippen LogP contribution in [-0.2, 0) is 0 Å². The van der Waals surface area contributed by atoms with Crippen LogP contribution in [-0.4, -0.2) is 50.8 Å². The van der Waals surface area contributed by atoms with Crippen molar-refractivity contribution in [2.24, 2.45) is 0 Å². The summed E-state index contributed by atoms with van der Waals surface area (Å²) in [7, 11) is 0. The number of aromatic hydroxyl groups is 1. The molecule has 0 bridgehead atoms. The highest BCUT2D eigenvalue weighted by atomic mass is 35.5. The first-order valence-corrected chi connectivity index (χ1v) is 12.4. The summed E-state index contributed by atoms with van der Waals surface area (Å²) < 4.78 is 20.6. The highest BCUT2D eigenvalue weighted by Gasteiger charge is 2.32. The summed E-state index contributed by atoms with van der Waals surface area (Å²) in [4.78, 5) is 10.4. The molecule has 35 heavy (non-hydrogen) atoms. The third kappa shape index (κ3) is 4.16. The molecule has 0 saturated carbocycles. The first kappa shape index (κ1) is 22.1. The van der Waals surface area contributed by atoms with Crippen LogP contribution >= 0.6 is 22.9 Å². The van der Waals surface area contributed by atoms with E-state index in [2.05, 4.69) is 25.9 Å². The van der Waals surface area contributed by atoms with Gasteiger partial charge in [0.05, 0.1) is 17.2 Å². The van der Waals surface area contributed by atoms with Crippen LogP contribution in [0.3, 0.4) is 0 Å². The number of anilines is 1. The molecule has 2 aromatic carbocycles. The zero-order valence-corrected chi connectivity index (χ0v) is 20.1. The fourth-order valence-electron chi connectivity index (χ4n) is 4.52. The molecule has 0 radical (unpaired) electrons. The summed E-state index contributed by atoms with van der Waals surface area (Å²) in [5, 5.41) is 16.3. The van der Waals surface area contributed by atoms with Gasteiger partial charge in [0.1, 0.15) is 5.82 Å². The van der Waals surface area contributed by atoms with E-state index in [0.29, 0.717) is 26.4 Å². The summed E-state index contributed by atoms with van der Waals surface area (Å²) in [5.74, 6) is 0.681. The number of hydrogen-bond donors (Lipinski definition) is 1. The van der Waals surface area contributed by atoms with Crippen molar-refractivity contribution in [1.82, 2.24) is 19.5 Å². The summed E-state index contributed by atoms with van der Waals surface area (Å²) >= 11 is 7.56. The van der Waals surface area contributed by atoms with E-state index in [1.165, 1.54) is 28.0 Å². The average Bonchev–Trinajstić information content (AvgIpc) is 3.60. The standard InChI is InChI=1S/C25H21ClFN5O2S/c26-17-3-1-4-19(15-17)30-10-12-31(13-11-30)21(16-6-8-18(27)9-7-16)22-24(33)32-25(35-22)28-23(29-32)20-5-2-14-34-20/h1-9,14-15,21,33H,10-13H2/t21-/m1/s1. The third-order valence-corrected chi connectivity index (χ3v) is 7.54. The lowest BCUT2D eigenvalue weighted by Crippen LogP contribution is -2.47. The van der Waals surface area contributed by atoms with Crippen molar-refractivity contribution in [3.63, 3.8) is 0 Å². The van der Waals surface area contributed by atoms with Gasteiger partial charge in [-0.2, -0.15) is 9.50 Å². The summed E-state index contributed by atoms with van der Waals surface area (Å²) in [6, 6.07) is 17.6. The number of hydrogen-bond acceptors (Lipinski definition) is 7. The number of rotatable bonds is 5. The number of halogens is 2. The van der Waals surface area contributed by atoms with E-state index < -0.39 is 0 Å². The van der Waals surface area contributed by atoms with Crippen LogP contribution < -0.4 is 4.90 Å². The SMILES string of the molecule is Oc1c([C@@H](c2ccc(F)cc2)N2CCN(c3cccc(Cl)c3)CC2)sc2nc(-c3ccco3)nn12. The Bertz CT molecular complexity index is 1460. The number of fused-ring (bicyclic) bond motifs is 1. The van der Waals surface area contributed by atoms with Gasteiger partial charge in [-0.1, -0.05) is 41.1 Å². The van der Waals surface area contributed by atoms with Crippen LogP contribution in [0.5, 0.6) is 5.88 Å². The number of nitrogens with zero attached hydrogens (tertiary/aromatic N) is 5. The van der Waals surface area contributed by atoms with Crippen molar-refractivity contribution in [1.29, 1.82) is 0 Å². The van der Waals surface area contributed by atoms with E-state index in [0.717, 1.165) is 37.4 Å². The Balaban J connectivity index is 1.33. The highest BCUT2D eigenvalue weighted by Crippen LogP contribution is 2.41. The Morgan fingerprint density at radius 3 is 2.51 bits per heavy atom. The van der Waals surface area contributed by atoms with Crippen LogP contribution in [0.15, 0.2) is 71.3 Å². The number of thiazole rings is 1. The average molecular weight is 510 g/mol. The molecule has 1 aliphatic heterocycles. The van der Waals surface area contributed by atoms with Crippen LogP contribution in [0.1, 0.15) is 16.5 Å². The molecule has 1 fully saturated rings. The van der Waals surface area contributed by atoms with Gasteiger partial charge in [-0.05, 0) is 48.0 Å². The summed E-state index contributed by atoms with van der Waals surface area (Å²) in [5.41, 5.74) is 1.98. The van der Waals surface area contributed by atoms with Crippen LogP contribution in [0, 0.1) is 5.82 Å². The maximum Gasteiger partial charge on any atom is 0.230 e. The molecule has 0 spiro atoms. The van der Waals surface area contributed by atoms with E-state index in [4.69, 9.17) is 16.0 Å². The first-order valence-electron chi connectivity index (χ1n) is 11.2. The lowest BCUT2D eigenvalue weighted by atomic mass is 10.0. The molecule has 1 saturated heterocycles. The van der Waals surface area contributed by atoms with Gasteiger partial charge < -0.3 is 14.4 Å². The molecule has 3 aromatic heterocycles. The summed E-state index contributed by atoms with van der Waals surface area (Å²) in [6.45, 7) is 3.09. The van der Waals surface area contributed by atoms with E-state index in [1.54, 1.807) is 30.5 Å². The van der Waals surface area contributed by atoms with Gasteiger partial charge in [0.25, 0.3) is 0 Å². The Kier molecular flexibility index (Phi) is 5.68. The lowest BCUT2D eigenvalue weighted by molar-refractivity contribution is 0.211. The Morgan fingerprint density at radius 2 is 1.83 bits per heavy atom. The molecule has 1 N–H and O–H groups in total. The monoisotopic (exact) mass is 509 g/mol. The minimum atomic E-state index is -0.298. The van der Waals surface area contributed by atoms with Gasteiger partial charge in [0.15, 0.2) is 5.76 Å². The quantitative estimate of drug-likeness (QED) is 0.339. The van der Waals surface area contributed by atoms with Gasteiger partial charge in [0.2, 0.25) is 16.7 Å². The predicted molar refractivity (Wildman–Crippen MR) is 134 cm³/mol. The molecule has 0 amide bonds. The van der Waals surface area contributed by atoms with E-state index in [-0.39, 0.29) is 17.7 Å². The Hall–Kier alpha value is -3.40. The van der Waals surface area contributed by atoms with Gasteiger partial charge >= 0.3 is 0 Å². The van der Waals surface area contributed by atoms with Crippen molar-refractivity contribution in [2.75, 3.05) is 31.1 Å². The molecule has 1 aliphatic rings. The van der Waals surface area contributed by atoms with Crippen molar-refractivity contribution >= 4 is 33.6 Å². The zero-order valence-electron chi connectivity index (χ0n) is 18.5. The molecule has 1 atom stereocenters. The molecule has 10 heteroatoms. The number of aromatic nitrogens is 3. The Labute approximate surface area is 209 Å². The minimum Gasteiger partial charge on any atom is -0.492 e. The van der Waals surface area contributed by atoms with Crippen molar-refractivity contribution in [3.8, 4) is 17.5 Å². The molecule has 5 aromatic rings. The fourth-order valence-corrected chi connectivity index (χ4v) is 5.82. The maximum atomic E-state index is 13.7. The van der Waals surface area contributed by atoms with Crippen LogP contribution in [0.25, 0.3) is 16.5 Å². The van der Waals surface area contributed by atoms with E-state index in [1.807, 2.05) is 18.2 Å². The van der Waals surface area contributed by atoms with Crippen molar-refractivity contribution in [2.45, 2.75) is 6.04 Å². The van der Waals surface area contributed by atoms with Crippen molar-refractivity contribution < 1.29 is 13.9 Å². The van der Waals surface area contributed by atoms with Crippen LogP contribution in [0.4, 0.5) is 10.1 Å². The van der Waals surface area contributed by atoms with Gasteiger partial charge in [-0.3, -0.25) is 4.90 Å². The molecular weight excluding hydrogens is 489 g/mol. The third-order valence-electron chi connectivity index (χ3n) is 6.23. The van der Waals surface area contributed by atoms with Crippen molar-refractivity contribution in [3.05, 3.63) is 88.2 Å². The molecule has 0 aliphatic carbocycles. The highest BCUT2D eigenvalue weighted by molar-refractivity contribution is 7.17. The Morgan fingerprint density at radius 1 is 1.03 bits per heavy atom. The van der Waals surface area contributed by atoms with E-state index >= 15 is 0 Å². The fraction of sp³-hybridized carbons (Fsp3) is 0.200. The lowest BCUT2D eigenvalue weighted by Gasteiger charge is -2.40. The van der Waals surface area contributed by atoms with Gasteiger partial charge in [-0.25, -0.2) is 4.39 Å². The normalized spacial score (nSPS) is 15.7. The number of piperazine rings is 1. The topological polar surface area (TPSA) is 70.0 Å². The smallest absolute Gasteiger partial charge is 0.230 e. The second-order valence-corrected chi connectivity index (χ2v) is 9.80. The minimum absolute atomic E-state index is 0.0295. The van der Waals surface area contributed by atoms with Gasteiger partial charge in [-0.15, -0.1) is 5.10 Å². The largest absolute Gasteiger partial charge is 0.492 e. The van der Waals surface area contributed by atoms with Crippen LogP contribution in [0.2, 0.25) is 5.02 Å². The maximum absolute atomic E-state index is 13.7. The molecule has 178 valence electrons.